The predicted molar refractivity (Wildman–Crippen MR) is 75.3 cm³/mol. The number of hydrogen-bond acceptors (Lipinski definition) is 3. The molecule has 0 spiro atoms. The standard InChI is InChI=1S/C14H32N2O/c1-6-13(7-2)16(10-12(4)5)11-14(17)9-15-8-3/h12-15,17H,6-11H2,1-5H3. The summed E-state index contributed by atoms with van der Waals surface area (Å²) in [5.74, 6) is 0.655. The number of nitrogens with one attached hydrogen (secondary N) is 1. The zero-order chi connectivity index (χ0) is 13.3. The summed E-state index contributed by atoms with van der Waals surface area (Å²) in [5, 5.41) is 13.2. The fourth-order valence-electron chi connectivity index (χ4n) is 2.29. The molecule has 1 unspecified atom stereocenters. The summed E-state index contributed by atoms with van der Waals surface area (Å²) >= 11 is 0. The summed E-state index contributed by atoms with van der Waals surface area (Å²) in [4.78, 5) is 2.45. The van der Waals surface area contributed by atoms with Crippen LogP contribution in [-0.2, 0) is 0 Å². The van der Waals surface area contributed by atoms with Crippen molar-refractivity contribution in [3.63, 3.8) is 0 Å². The highest BCUT2D eigenvalue weighted by molar-refractivity contribution is 4.74. The molecule has 0 bridgehead atoms. The van der Waals surface area contributed by atoms with Gasteiger partial charge in [0.05, 0.1) is 6.10 Å². The Balaban J connectivity index is 4.25. The van der Waals surface area contributed by atoms with Gasteiger partial charge in [-0.2, -0.15) is 0 Å². The Morgan fingerprint density at radius 2 is 1.65 bits per heavy atom. The molecule has 0 heterocycles. The first-order valence-corrected chi connectivity index (χ1v) is 7.17. The number of nitrogens with zero attached hydrogens (tertiary/aromatic N) is 1. The Hall–Kier alpha value is -0.120. The third kappa shape index (κ3) is 7.74. The first-order valence-electron chi connectivity index (χ1n) is 7.17. The third-order valence-electron chi connectivity index (χ3n) is 3.13. The van der Waals surface area contributed by atoms with Crippen LogP contribution in [0, 0.1) is 5.92 Å². The molecule has 17 heavy (non-hydrogen) atoms. The summed E-state index contributed by atoms with van der Waals surface area (Å²) < 4.78 is 0. The van der Waals surface area contributed by atoms with Gasteiger partial charge >= 0.3 is 0 Å². The van der Waals surface area contributed by atoms with E-state index in [1.807, 2.05) is 0 Å². The van der Waals surface area contributed by atoms with Crippen molar-refractivity contribution in [1.29, 1.82) is 0 Å². The molecule has 0 amide bonds. The number of aliphatic hydroxyl groups excluding tert-OH is 1. The molecule has 0 aliphatic carbocycles. The van der Waals surface area contributed by atoms with Crippen LogP contribution in [0.25, 0.3) is 0 Å². The minimum atomic E-state index is -0.255. The van der Waals surface area contributed by atoms with Crippen molar-refractivity contribution in [3.8, 4) is 0 Å². The zero-order valence-corrected chi connectivity index (χ0v) is 12.4. The molecule has 3 heteroatoms. The minimum Gasteiger partial charge on any atom is -0.390 e. The molecule has 2 N–H and O–H groups in total. The van der Waals surface area contributed by atoms with Gasteiger partial charge in [-0.3, -0.25) is 4.90 Å². The highest BCUT2D eigenvalue weighted by Gasteiger charge is 2.19. The third-order valence-corrected chi connectivity index (χ3v) is 3.13. The molecule has 0 saturated heterocycles. The summed E-state index contributed by atoms with van der Waals surface area (Å²) in [7, 11) is 0. The maximum Gasteiger partial charge on any atom is 0.0791 e. The maximum atomic E-state index is 10.00. The van der Waals surface area contributed by atoms with Gasteiger partial charge in [0.25, 0.3) is 0 Å². The van der Waals surface area contributed by atoms with E-state index in [1.54, 1.807) is 0 Å². The Kier molecular flexibility index (Phi) is 9.79. The van der Waals surface area contributed by atoms with Crippen molar-refractivity contribution < 1.29 is 5.11 Å². The van der Waals surface area contributed by atoms with Crippen LogP contribution in [0.2, 0.25) is 0 Å². The lowest BCUT2D eigenvalue weighted by Gasteiger charge is -2.33. The Labute approximate surface area is 108 Å². The van der Waals surface area contributed by atoms with Crippen molar-refractivity contribution in [2.45, 2.75) is 59.6 Å². The molecule has 0 rings (SSSR count). The smallest absolute Gasteiger partial charge is 0.0791 e. The first kappa shape index (κ1) is 16.9. The van der Waals surface area contributed by atoms with E-state index in [0.717, 1.165) is 32.5 Å². The van der Waals surface area contributed by atoms with E-state index in [1.165, 1.54) is 0 Å². The lowest BCUT2D eigenvalue weighted by Crippen LogP contribution is -2.44. The fourth-order valence-corrected chi connectivity index (χ4v) is 2.29. The number of hydrogen-bond donors (Lipinski definition) is 2. The van der Waals surface area contributed by atoms with Gasteiger partial charge in [0, 0.05) is 25.7 Å². The minimum absolute atomic E-state index is 0.255. The topological polar surface area (TPSA) is 35.5 Å². The highest BCUT2D eigenvalue weighted by Crippen LogP contribution is 2.12. The second kappa shape index (κ2) is 9.86. The van der Waals surface area contributed by atoms with E-state index in [-0.39, 0.29) is 6.10 Å². The van der Waals surface area contributed by atoms with Crippen LogP contribution >= 0.6 is 0 Å². The van der Waals surface area contributed by atoms with E-state index in [2.05, 4.69) is 44.8 Å². The monoisotopic (exact) mass is 244 g/mol. The van der Waals surface area contributed by atoms with Crippen LogP contribution in [0.1, 0.15) is 47.5 Å². The summed E-state index contributed by atoms with van der Waals surface area (Å²) in [5.41, 5.74) is 0. The summed E-state index contributed by atoms with van der Waals surface area (Å²) in [6, 6.07) is 0.605. The van der Waals surface area contributed by atoms with Crippen molar-refractivity contribution in [2.75, 3.05) is 26.2 Å². The van der Waals surface area contributed by atoms with Gasteiger partial charge in [0.2, 0.25) is 0 Å². The second-order valence-electron chi connectivity index (χ2n) is 5.28. The molecule has 0 aromatic rings. The van der Waals surface area contributed by atoms with Crippen molar-refractivity contribution >= 4 is 0 Å². The molecule has 3 nitrogen and oxygen atoms in total. The second-order valence-corrected chi connectivity index (χ2v) is 5.28. The van der Waals surface area contributed by atoms with E-state index >= 15 is 0 Å². The first-order chi connectivity index (χ1) is 8.04. The Bertz CT molecular complexity index is 170. The van der Waals surface area contributed by atoms with Crippen LogP contribution in [0.5, 0.6) is 0 Å². The molecule has 104 valence electrons. The van der Waals surface area contributed by atoms with Crippen LogP contribution in [0.4, 0.5) is 0 Å². The van der Waals surface area contributed by atoms with Crippen LogP contribution in [0.15, 0.2) is 0 Å². The lowest BCUT2D eigenvalue weighted by atomic mass is 10.1. The Morgan fingerprint density at radius 3 is 2.06 bits per heavy atom. The molecule has 0 radical (unpaired) electrons. The molecule has 0 aliphatic rings. The fraction of sp³-hybridized carbons (Fsp3) is 1.00. The van der Waals surface area contributed by atoms with Crippen molar-refractivity contribution in [3.05, 3.63) is 0 Å². The number of likely N-dealkylation sites (N-methyl/N-ethyl adjacent to an activating group) is 1. The van der Waals surface area contributed by atoms with Crippen LogP contribution < -0.4 is 5.32 Å². The quantitative estimate of drug-likeness (QED) is 0.618. The van der Waals surface area contributed by atoms with Gasteiger partial charge in [0.15, 0.2) is 0 Å². The number of rotatable bonds is 10. The molecule has 0 saturated carbocycles. The normalized spacial score (nSPS) is 13.9. The zero-order valence-electron chi connectivity index (χ0n) is 12.4. The molecule has 0 aromatic heterocycles. The molecule has 0 aromatic carbocycles. The van der Waals surface area contributed by atoms with Gasteiger partial charge < -0.3 is 10.4 Å². The van der Waals surface area contributed by atoms with E-state index in [9.17, 15) is 5.11 Å². The molecule has 1 atom stereocenters. The van der Waals surface area contributed by atoms with Gasteiger partial charge in [-0.25, -0.2) is 0 Å². The van der Waals surface area contributed by atoms with Crippen LogP contribution in [0.3, 0.4) is 0 Å². The van der Waals surface area contributed by atoms with Gasteiger partial charge in [-0.1, -0.05) is 34.6 Å². The molecule has 0 aliphatic heterocycles. The highest BCUT2D eigenvalue weighted by atomic mass is 16.3. The van der Waals surface area contributed by atoms with Gasteiger partial charge in [0.1, 0.15) is 0 Å². The number of aliphatic hydroxyl groups is 1. The molecular weight excluding hydrogens is 212 g/mol. The average Bonchev–Trinajstić information content (AvgIpc) is 2.27. The van der Waals surface area contributed by atoms with Gasteiger partial charge in [-0.15, -0.1) is 0 Å². The average molecular weight is 244 g/mol. The predicted octanol–water partition coefficient (Wildman–Crippen LogP) is 2.10. The van der Waals surface area contributed by atoms with E-state index in [0.29, 0.717) is 18.5 Å². The van der Waals surface area contributed by atoms with E-state index in [4.69, 9.17) is 0 Å². The summed E-state index contributed by atoms with van der Waals surface area (Å²) in [6.45, 7) is 14.5. The lowest BCUT2D eigenvalue weighted by molar-refractivity contribution is 0.0752. The molecular formula is C14H32N2O. The van der Waals surface area contributed by atoms with Gasteiger partial charge in [-0.05, 0) is 25.3 Å². The van der Waals surface area contributed by atoms with Crippen molar-refractivity contribution in [1.82, 2.24) is 10.2 Å². The summed E-state index contributed by atoms with van der Waals surface area (Å²) in [6.07, 6.45) is 2.07. The van der Waals surface area contributed by atoms with Crippen LogP contribution in [-0.4, -0.2) is 48.3 Å². The van der Waals surface area contributed by atoms with Crippen molar-refractivity contribution in [2.24, 2.45) is 5.92 Å². The maximum absolute atomic E-state index is 10.00. The van der Waals surface area contributed by atoms with E-state index < -0.39 is 0 Å². The largest absolute Gasteiger partial charge is 0.390 e. The molecule has 0 fully saturated rings. The SMILES string of the molecule is CCNCC(O)CN(CC(C)C)C(CC)CC. The Morgan fingerprint density at radius 1 is 1.06 bits per heavy atom.